The highest BCUT2D eigenvalue weighted by Crippen LogP contribution is 2.66. The maximum atomic E-state index is 15.3. The first-order chi connectivity index (χ1) is 17.0. The van der Waals surface area contributed by atoms with Crippen molar-refractivity contribution in [2.45, 2.75) is 51.1 Å². The molecule has 0 radical (unpaired) electrons. The van der Waals surface area contributed by atoms with Gasteiger partial charge in [-0.25, -0.2) is 8.78 Å². The lowest BCUT2D eigenvalue weighted by Gasteiger charge is -2.37. The lowest BCUT2D eigenvalue weighted by molar-refractivity contribution is 0.0649. The van der Waals surface area contributed by atoms with Crippen LogP contribution in [0.4, 0.5) is 19.3 Å². The van der Waals surface area contributed by atoms with Crippen LogP contribution in [0.15, 0.2) is 18.1 Å². The van der Waals surface area contributed by atoms with E-state index in [0.717, 1.165) is 44.3 Å². The zero-order valence-corrected chi connectivity index (χ0v) is 20.7. The van der Waals surface area contributed by atoms with E-state index in [1.54, 1.807) is 13.1 Å². The average molecular weight is 506 g/mol. The number of hydrogen-bond acceptors (Lipinski definition) is 7. The van der Waals surface area contributed by atoms with E-state index in [1.807, 2.05) is 0 Å². The zero-order chi connectivity index (χ0) is 23.9. The van der Waals surface area contributed by atoms with E-state index in [4.69, 9.17) is 14.5 Å². The first-order valence-electron chi connectivity index (χ1n) is 12.8. The van der Waals surface area contributed by atoms with Crippen LogP contribution in [0.5, 0.6) is 6.01 Å². The number of pyridine rings is 1. The number of aromatic nitrogens is 3. The number of aryl methyl sites for hydroxylation is 1. The highest BCUT2D eigenvalue weighted by molar-refractivity contribution is 5.90. The van der Waals surface area contributed by atoms with E-state index in [-0.39, 0.29) is 28.6 Å². The van der Waals surface area contributed by atoms with Crippen LogP contribution in [-0.2, 0) is 4.74 Å². The van der Waals surface area contributed by atoms with Gasteiger partial charge in [0.05, 0.1) is 36.2 Å². The number of anilines is 1. The van der Waals surface area contributed by atoms with Crippen molar-refractivity contribution in [2.75, 3.05) is 44.4 Å². The van der Waals surface area contributed by atoms with Gasteiger partial charge in [0, 0.05) is 32.7 Å². The lowest BCUT2D eigenvalue weighted by Crippen LogP contribution is -2.49. The molecule has 5 aliphatic rings. The van der Waals surface area contributed by atoms with Gasteiger partial charge in [-0.3, -0.25) is 14.6 Å². The summed E-state index contributed by atoms with van der Waals surface area (Å²) in [5.74, 6) is 1.16. The van der Waals surface area contributed by atoms with Gasteiger partial charge in [-0.05, 0) is 56.1 Å². The van der Waals surface area contributed by atoms with E-state index in [2.05, 4.69) is 26.7 Å². The van der Waals surface area contributed by atoms with Crippen LogP contribution in [0.1, 0.15) is 39.7 Å². The monoisotopic (exact) mass is 505 g/mol. The second kappa shape index (κ2) is 8.28. The Hall–Kier alpha value is -2.46. The largest absolute Gasteiger partial charge is 0.461 e. The first kappa shape index (κ1) is 23.9. The fourth-order valence-electron chi connectivity index (χ4n) is 7.22. The summed E-state index contributed by atoms with van der Waals surface area (Å²) in [6.07, 6.45) is 6.52. The lowest BCUT2D eigenvalue weighted by atomic mass is 9.80. The number of nitrogens with zero attached hydrogens (tertiary/aromatic N) is 5. The van der Waals surface area contributed by atoms with E-state index in [9.17, 15) is 4.39 Å². The summed E-state index contributed by atoms with van der Waals surface area (Å²) < 4.78 is 40.9. The number of fused-ring (bicyclic) bond motifs is 4. The molecule has 2 saturated carbocycles. The first-order valence-corrected chi connectivity index (χ1v) is 12.8. The molecular formula is C26H34F3N5O2. The fraction of sp³-hybridized carbons (Fsp3) is 0.654. The molecule has 0 N–H and O–H groups in total. The molecule has 1 spiro atoms. The number of hydrogen-bond donors (Lipinski definition) is 0. The normalized spacial score (nSPS) is 33.4. The third-order valence-corrected chi connectivity index (χ3v) is 9.56. The quantitative estimate of drug-likeness (QED) is 0.617. The Morgan fingerprint density at radius 3 is 2.89 bits per heavy atom. The maximum absolute atomic E-state index is 15.3. The van der Waals surface area contributed by atoms with E-state index >= 15 is 4.39 Å². The van der Waals surface area contributed by atoms with Gasteiger partial charge in [-0.2, -0.15) is 9.97 Å². The SMILES string of the molecule is Cc1ncc2c(N3CCOC[C@H]4C(C)[C@H]43)nc(OCC34C/C(=C\F)CN3CCC43CC3)nc2c1F.F.[HH]. The summed E-state index contributed by atoms with van der Waals surface area (Å²) >= 11 is 0. The van der Waals surface area contributed by atoms with Gasteiger partial charge in [-0.15, -0.1) is 0 Å². The van der Waals surface area contributed by atoms with Crippen LogP contribution in [-0.4, -0.2) is 70.9 Å². The van der Waals surface area contributed by atoms with Crippen LogP contribution >= 0.6 is 0 Å². The Bertz CT molecular complexity index is 1240. The molecule has 2 aromatic rings. The summed E-state index contributed by atoms with van der Waals surface area (Å²) in [5.41, 5.74) is 1.32. The topological polar surface area (TPSA) is 63.6 Å². The molecule has 4 atom stereocenters. The average Bonchev–Trinajstić information content (AvgIpc) is 3.73. The molecule has 0 aromatic carbocycles. The van der Waals surface area contributed by atoms with Gasteiger partial charge in [0.1, 0.15) is 17.9 Å². The van der Waals surface area contributed by atoms with Crippen LogP contribution in [0.3, 0.4) is 0 Å². The summed E-state index contributed by atoms with van der Waals surface area (Å²) in [4.78, 5) is 18.3. The molecule has 196 valence electrons. The third-order valence-electron chi connectivity index (χ3n) is 9.56. The Morgan fingerprint density at radius 2 is 2.11 bits per heavy atom. The molecule has 3 aliphatic heterocycles. The molecular weight excluding hydrogens is 471 g/mol. The molecule has 7 rings (SSSR count). The zero-order valence-electron chi connectivity index (χ0n) is 20.7. The van der Waals surface area contributed by atoms with Crippen LogP contribution in [0, 0.1) is 30.0 Å². The van der Waals surface area contributed by atoms with E-state index < -0.39 is 5.82 Å². The highest BCUT2D eigenvalue weighted by atomic mass is 19.1. The minimum atomic E-state index is -0.440. The third kappa shape index (κ3) is 3.29. The van der Waals surface area contributed by atoms with Crippen molar-refractivity contribution in [3.8, 4) is 6.01 Å². The second-order valence-electron chi connectivity index (χ2n) is 11.2. The van der Waals surface area contributed by atoms with Crippen LogP contribution in [0.2, 0.25) is 0 Å². The van der Waals surface area contributed by atoms with Crippen molar-refractivity contribution < 1.29 is 24.4 Å². The van der Waals surface area contributed by atoms with Crippen molar-refractivity contribution in [3.63, 3.8) is 0 Å². The molecule has 2 aliphatic carbocycles. The van der Waals surface area contributed by atoms with E-state index in [0.29, 0.717) is 67.5 Å². The van der Waals surface area contributed by atoms with Crippen molar-refractivity contribution in [2.24, 2.45) is 17.3 Å². The predicted molar refractivity (Wildman–Crippen MR) is 131 cm³/mol. The molecule has 10 heteroatoms. The minimum Gasteiger partial charge on any atom is -0.461 e. The van der Waals surface area contributed by atoms with Gasteiger partial charge < -0.3 is 14.4 Å². The van der Waals surface area contributed by atoms with Crippen molar-refractivity contribution in [3.05, 3.63) is 29.6 Å². The minimum absolute atomic E-state index is 0. The van der Waals surface area contributed by atoms with Crippen LogP contribution in [0.25, 0.3) is 10.9 Å². The Labute approximate surface area is 209 Å². The van der Waals surface area contributed by atoms with Gasteiger partial charge in [0.2, 0.25) is 0 Å². The Kier molecular flexibility index (Phi) is 5.50. The molecule has 2 aromatic heterocycles. The summed E-state index contributed by atoms with van der Waals surface area (Å²) in [5, 5.41) is 0.600. The van der Waals surface area contributed by atoms with Crippen LogP contribution < -0.4 is 9.64 Å². The van der Waals surface area contributed by atoms with E-state index in [1.165, 1.54) is 0 Å². The maximum Gasteiger partial charge on any atom is 0.319 e. The van der Waals surface area contributed by atoms with Crippen molar-refractivity contribution in [1.82, 2.24) is 19.9 Å². The summed E-state index contributed by atoms with van der Waals surface area (Å²) in [6.45, 7) is 7.88. The number of ether oxygens (including phenoxy) is 2. The van der Waals surface area contributed by atoms with Gasteiger partial charge in [0.25, 0.3) is 0 Å². The molecule has 3 saturated heterocycles. The smallest absolute Gasteiger partial charge is 0.319 e. The predicted octanol–water partition coefficient (Wildman–Crippen LogP) is 4.20. The second-order valence-corrected chi connectivity index (χ2v) is 11.2. The molecule has 2 unspecified atom stereocenters. The molecule has 7 nitrogen and oxygen atoms in total. The molecule has 36 heavy (non-hydrogen) atoms. The molecule has 5 fully saturated rings. The number of halogens is 3. The standard InChI is InChI=1S/C26H31F2N5O2.FH.H2/c1-15-19-13-34-8-7-33(22(15)19)23-18-11-29-16(2)20(28)21(18)30-24(31-23)35-14-26-9-17(10-27)12-32(26)6-5-25(26)3-4-25;;/h10-11,15,19,22H,3-9,12-14H2,1-2H3;2*1H/b17-10+;;/t15?,19-,22+,26?;;/m0../s1. The van der Waals surface area contributed by atoms with Crippen molar-refractivity contribution >= 4 is 16.7 Å². The van der Waals surface area contributed by atoms with Gasteiger partial charge >= 0.3 is 6.01 Å². The number of rotatable bonds is 4. The van der Waals surface area contributed by atoms with Crippen molar-refractivity contribution in [1.29, 1.82) is 0 Å². The highest BCUT2D eigenvalue weighted by Gasteiger charge is 2.67. The molecule has 0 amide bonds. The molecule has 5 heterocycles. The Morgan fingerprint density at radius 1 is 1.28 bits per heavy atom. The fourth-order valence-corrected chi connectivity index (χ4v) is 7.22. The van der Waals surface area contributed by atoms with Gasteiger partial charge in [-0.1, -0.05) is 6.92 Å². The summed E-state index contributed by atoms with van der Waals surface area (Å²) in [7, 11) is 0. The Balaban J connectivity index is 0.00000140. The summed E-state index contributed by atoms with van der Waals surface area (Å²) in [6, 6.07) is 0.486. The molecule has 0 bridgehead atoms. The van der Waals surface area contributed by atoms with Gasteiger partial charge in [0.15, 0.2) is 5.82 Å².